The van der Waals surface area contributed by atoms with E-state index in [1.54, 1.807) is 0 Å². The molecule has 10 atom stereocenters. The monoisotopic (exact) mass is 690 g/mol. The summed E-state index contributed by atoms with van der Waals surface area (Å²) in [7, 11) is -11.4. The Balaban J connectivity index is 1.02. The van der Waals surface area contributed by atoms with Crippen LogP contribution in [0.2, 0.25) is 0 Å². The molecule has 2 saturated heterocycles. The minimum Gasteiger partial charge on any atom is -0.756 e. The summed E-state index contributed by atoms with van der Waals surface area (Å²) < 4.78 is 49.8. The predicted molar refractivity (Wildman–Crippen MR) is 143 cm³/mol. The van der Waals surface area contributed by atoms with Crippen LogP contribution in [0.1, 0.15) is 6.23 Å². The average molecular weight is 690 g/mol. The molecule has 0 spiro atoms. The van der Waals surface area contributed by atoms with Gasteiger partial charge in [-0.2, -0.15) is 4.98 Å². The Morgan fingerprint density at radius 2 is 1.65 bits per heavy atom. The fraction of sp³-hybridized carbons (Fsp3) is 0.500. The molecule has 46 heavy (non-hydrogen) atoms. The quantitative estimate of drug-likeness (QED) is 0.0688. The zero-order valence-electron chi connectivity index (χ0n) is 22.8. The second kappa shape index (κ2) is 12.3. The number of phosphoric acid groups is 2. The van der Waals surface area contributed by atoms with Gasteiger partial charge in [0.25, 0.3) is 21.2 Å². The highest BCUT2D eigenvalue weighted by Gasteiger charge is 2.46. The first kappa shape index (κ1) is 32.5. The van der Waals surface area contributed by atoms with E-state index in [4.69, 9.17) is 15.2 Å². The van der Waals surface area contributed by atoms with E-state index >= 15 is 0 Å². The normalized spacial score (nSPS) is 30.9. The minimum atomic E-state index is -5.70. The summed E-state index contributed by atoms with van der Waals surface area (Å²) in [5, 5.41) is 44.0. The molecule has 2 aliphatic heterocycles. The molecule has 24 nitrogen and oxygen atoms in total. The smallest absolute Gasteiger partial charge is 0.278 e. The molecule has 3 unspecified atom stereocenters. The van der Waals surface area contributed by atoms with E-state index in [0.29, 0.717) is 0 Å². The number of H-pyrrole nitrogens is 2. The molecule has 9 N–H and O–H groups in total. The van der Waals surface area contributed by atoms with Gasteiger partial charge in [-0.15, -0.1) is 0 Å². The molecule has 0 bridgehead atoms. The first-order valence-electron chi connectivity index (χ1n) is 13.0. The first-order chi connectivity index (χ1) is 21.7. The number of imidazole rings is 2. The van der Waals surface area contributed by atoms with Crippen molar-refractivity contribution in [3.05, 3.63) is 29.3 Å². The zero-order valence-corrected chi connectivity index (χ0v) is 24.6. The number of hydrogen-bond donors (Lipinski definition) is 8. The van der Waals surface area contributed by atoms with E-state index < -0.39 is 83.5 Å². The van der Waals surface area contributed by atoms with Crippen LogP contribution < -0.4 is 26.4 Å². The number of fused-ring (bicyclic) bond motifs is 2. The summed E-state index contributed by atoms with van der Waals surface area (Å²) in [5.41, 5.74) is 5.55. The summed E-state index contributed by atoms with van der Waals surface area (Å²) in [5.74, 6) is -0.165. The number of aliphatic hydroxyl groups is 4. The van der Waals surface area contributed by atoms with Crippen LogP contribution in [0.25, 0.3) is 22.3 Å². The second-order valence-electron chi connectivity index (χ2n) is 9.93. The molecule has 6 heterocycles. The van der Waals surface area contributed by atoms with Gasteiger partial charge in [0.2, 0.25) is 5.95 Å². The largest absolute Gasteiger partial charge is 0.756 e. The number of ether oxygens (including phenoxy) is 2. The molecule has 0 radical (unpaired) electrons. The maximum Gasteiger partial charge on any atom is 0.278 e. The van der Waals surface area contributed by atoms with Crippen LogP contribution in [0.5, 0.6) is 0 Å². The third-order valence-corrected chi connectivity index (χ3v) is 9.46. The number of nitrogens with one attached hydrogen (secondary N) is 3. The molecule has 2 fully saturated rings. The molecular weight excluding hydrogens is 666 g/mol. The molecule has 0 saturated carbocycles. The third-order valence-electron chi connectivity index (χ3n) is 6.93. The van der Waals surface area contributed by atoms with Crippen LogP contribution in [-0.2, 0) is 32.0 Å². The van der Waals surface area contributed by atoms with Crippen molar-refractivity contribution in [1.82, 2.24) is 39.5 Å². The lowest BCUT2D eigenvalue weighted by atomic mass is 10.1. The van der Waals surface area contributed by atoms with Crippen LogP contribution in [0.15, 0.2) is 23.8 Å². The minimum absolute atomic E-state index is 0.0327. The predicted octanol–water partition coefficient (Wildman–Crippen LogP) is -4.47. The fourth-order valence-corrected chi connectivity index (χ4v) is 6.72. The molecule has 0 aliphatic carbocycles. The number of nitrogens with zero attached hydrogens (tertiary/aromatic N) is 6. The third kappa shape index (κ3) is 6.39. The highest BCUT2D eigenvalue weighted by atomic mass is 31.3. The highest BCUT2D eigenvalue weighted by molar-refractivity contribution is 7.59. The lowest BCUT2D eigenvalue weighted by Crippen LogP contribution is -2.37. The number of phosphoric ester groups is 2. The van der Waals surface area contributed by atoms with Crippen molar-refractivity contribution >= 4 is 49.7 Å². The van der Waals surface area contributed by atoms with Gasteiger partial charge in [-0.25, -0.2) is 24.2 Å². The molecule has 250 valence electrons. The van der Waals surface area contributed by atoms with Crippen LogP contribution in [0.4, 0.5) is 11.8 Å². The van der Waals surface area contributed by atoms with E-state index in [9.17, 15) is 44.1 Å². The van der Waals surface area contributed by atoms with Gasteiger partial charge in [0, 0.05) is 0 Å². The summed E-state index contributed by atoms with van der Waals surface area (Å²) in [4.78, 5) is 61.2. The second-order valence-corrected chi connectivity index (χ2v) is 12.9. The number of aromatic amines is 2. The Morgan fingerprint density at radius 1 is 0.978 bits per heavy atom. The van der Waals surface area contributed by atoms with Crippen molar-refractivity contribution < 1.29 is 62.2 Å². The van der Waals surface area contributed by atoms with Crippen LogP contribution in [0.3, 0.4) is 0 Å². The Bertz CT molecular complexity index is 1890. The number of rotatable bonds is 11. The fourth-order valence-electron chi connectivity index (χ4n) is 4.70. The van der Waals surface area contributed by atoms with Crippen molar-refractivity contribution in [2.24, 2.45) is 0 Å². The summed E-state index contributed by atoms with van der Waals surface area (Å²) in [6.45, 7) is -2.02. The van der Waals surface area contributed by atoms with Crippen LogP contribution >= 0.6 is 15.6 Å². The van der Waals surface area contributed by atoms with Crippen molar-refractivity contribution in [3.8, 4) is 0 Å². The maximum atomic E-state index is 12.3. The molecule has 0 amide bonds. The number of hydrogen-bond acceptors (Lipinski definition) is 21. The van der Waals surface area contributed by atoms with E-state index in [2.05, 4.69) is 53.6 Å². The van der Waals surface area contributed by atoms with Gasteiger partial charge in [-0.05, 0) is 0 Å². The van der Waals surface area contributed by atoms with Crippen molar-refractivity contribution in [2.75, 3.05) is 24.3 Å². The van der Waals surface area contributed by atoms with Crippen LogP contribution in [-0.4, -0.2) is 116 Å². The van der Waals surface area contributed by atoms with Crippen molar-refractivity contribution in [3.63, 3.8) is 0 Å². The number of anilines is 2. The van der Waals surface area contributed by atoms with Crippen LogP contribution in [0, 0.1) is 0 Å². The molecule has 0 aromatic carbocycles. The Hall–Kier alpha value is -3.48. The topological polar surface area (TPSA) is 363 Å². The zero-order chi connectivity index (χ0) is 33.0. The summed E-state index contributed by atoms with van der Waals surface area (Å²) in [6, 6.07) is 0. The van der Waals surface area contributed by atoms with Gasteiger partial charge in [0.15, 0.2) is 35.1 Å². The van der Waals surface area contributed by atoms with E-state index in [1.165, 1.54) is 17.2 Å². The van der Waals surface area contributed by atoms with Crippen molar-refractivity contribution in [2.45, 2.75) is 49.1 Å². The Kier molecular flexibility index (Phi) is 8.66. The van der Waals surface area contributed by atoms with Crippen molar-refractivity contribution in [1.29, 1.82) is 0 Å². The summed E-state index contributed by atoms with van der Waals surface area (Å²) >= 11 is 0. The first-order valence-corrected chi connectivity index (χ1v) is 15.9. The van der Waals surface area contributed by atoms with E-state index in [0.717, 1.165) is 6.33 Å². The summed E-state index contributed by atoms with van der Waals surface area (Å²) in [6.07, 6.45) is -8.99. The molecule has 6 rings (SSSR count). The molecular formula is C20H24N10O14P2-2. The molecule has 2 aliphatic rings. The lowest BCUT2D eigenvalue weighted by Gasteiger charge is -2.32. The molecule has 4 aromatic rings. The number of nitrogen functional groups attached to an aromatic ring is 1. The van der Waals surface area contributed by atoms with Gasteiger partial charge >= 0.3 is 0 Å². The SMILES string of the molecule is Nc1ncnc2c1ncn2[C@@H]1O[C@H](COP(=O)([O-])OP(=O)([O-])OC[C@H]2OC(Nc3nc4nc[nH]c4c(=O)[nH]3)[C@H](O)[C@@H]2O)[C@@H](O)[C@H]1O. The van der Waals surface area contributed by atoms with E-state index in [1.807, 2.05) is 0 Å². The maximum absolute atomic E-state index is 12.3. The standard InChI is InChI=1S/C20H26N10O14P2/c21-14-8-16(25-4-23-14)30(5-26-8)19-13(34)11(32)7(43-19)2-41-46(38,39)44-45(36,37)40-1-6-10(31)12(33)18(42-6)29-20-27-15-9(17(35)28-20)22-3-24-15/h3-7,10-13,18-19,31-34H,1-2H2,(H,36,37)(H,38,39)(H2,21,23,25)(H3,22,24,27,28,29,35)/p-2/t6-,7-,10-,11-,12-,13-,18?,19-/m1/s1. The van der Waals surface area contributed by atoms with Gasteiger partial charge in [0.05, 0.1) is 25.9 Å². The molecule has 26 heteroatoms. The van der Waals surface area contributed by atoms with Gasteiger partial charge < -0.3 is 64.8 Å². The number of nitrogens with two attached hydrogens (primary N) is 1. The number of aliphatic hydroxyl groups excluding tert-OH is 4. The van der Waals surface area contributed by atoms with E-state index in [-0.39, 0.29) is 34.1 Å². The van der Waals surface area contributed by atoms with Gasteiger partial charge in [-0.3, -0.25) is 23.5 Å². The van der Waals surface area contributed by atoms with Gasteiger partial charge in [-0.1, -0.05) is 0 Å². The Labute approximate surface area is 254 Å². The van der Waals surface area contributed by atoms with Gasteiger partial charge in [0.1, 0.15) is 48.5 Å². The molecule has 4 aromatic heterocycles. The average Bonchev–Trinajstić information content (AvgIpc) is 3.75. The number of aromatic nitrogens is 8. The Morgan fingerprint density at radius 3 is 2.37 bits per heavy atom. The lowest BCUT2D eigenvalue weighted by molar-refractivity contribution is -0.246. The highest BCUT2D eigenvalue weighted by Crippen LogP contribution is 2.56.